The van der Waals surface area contributed by atoms with Gasteiger partial charge in [0.1, 0.15) is 16.5 Å². The number of anilines is 3. The summed E-state index contributed by atoms with van der Waals surface area (Å²) in [4.78, 5) is 52.6. The van der Waals surface area contributed by atoms with E-state index in [1.807, 2.05) is 30.3 Å². The van der Waals surface area contributed by atoms with Gasteiger partial charge in [0.15, 0.2) is 0 Å². The molecule has 0 spiro atoms. The first-order chi connectivity index (χ1) is 14.8. The third-order valence-corrected chi connectivity index (χ3v) is 5.44. The topological polar surface area (TPSA) is 156 Å². The average Bonchev–Trinajstić information content (AvgIpc) is 3.19. The van der Waals surface area contributed by atoms with Gasteiger partial charge < -0.3 is 21.7 Å². The first-order valence-electron chi connectivity index (χ1n) is 9.40. The van der Waals surface area contributed by atoms with Crippen LogP contribution < -0.4 is 32.9 Å². The van der Waals surface area contributed by atoms with Crippen molar-refractivity contribution in [3.05, 3.63) is 73.7 Å². The summed E-state index contributed by atoms with van der Waals surface area (Å²) in [7, 11) is 0. The number of carbonyl (C=O) groups is 2. The van der Waals surface area contributed by atoms with E-state index in [9.17, 15) is 19.2 Å². The molecule has 0 unspecified atom stereocenters. The van der Waals surface area contributed by atoms with Crippen LogP contribution in [-0.2, 0) is 11.3 Å². The number of primary amides is 1. The summed E-state index contributed by atoms with van der Waals surface area (Å²) in [6, 6.07) is 10.7. The molecule has 0 atom stereocenters. The lowest BCUT2D eigenvalue weighted by Gasteiger charge is -2.24. The quantitative estimate of drug-likeness (QED) is 0.404. The molecule has 2 heterocycles. The molecule has 0 aliphatic rings. The number of likely N-dealkylation sites (N-methyl/N-ethyl adjacent to an activating group) is 1. The number of nitrogens with two attached hydrogens (primary N) is 2. The fraction of sp³-hybridized carbons (Fsp3) is 0.200. The number of amides is 2. The third-order valence-electron chi connectivity index (χ3n) is 4.61. The second-order valence-electron chi connectivity index (χ2n) is 6.65. The van der Waals surface area contributed by atoms with Crippen LogP contribution in [-0.4, -0.2) is 34.5 Å². The number of rotatable bonds is 8. The van der Waals surface area contributed by atoms with Crippen LogP contribution >= 0.6 is 11.3 Å². The maximum absolute atomic E-state index is 12.6. The predicted octanol–water partition coefficient (Wildman–Crippen LogP) is 0.793. The van der Waals surface area contributed by atoms with E-state index in [1.54, 1.807) is 12.3 Å². The molecule has 0 aliphatic heterocycles. The fourth-order valence-electron chi connectivity index (χ4n) is 3.09. The molecular weight excluding hydrogens is 420 g/mol. The number of nitrogen functional groups attached to an aromatic ring is 1. The van der Waals surface area contributed by atoms with Crippen LogP contribution in [0.1, 0.15) is 22.8 Å². The minimum atomic E-state index is -0.685. The van der Waals surface area contributed by atoms with E-state index in [2.05, 4.69) is 10.3 Å². The van der Waals surface area contributed by atoms with Gasteiger partial charge in [-0.15, -0.1) is 11.3 Å². The van der Waals surface area contributed by atoms with Crippen LogP contribution in [0.3, 0.4) is 0 Å². The van der Waals surface area contributed by atoms with Crippen LogP contribution in [0.2, 0.25) is 0 Å². The van der Waals surface area contributed by atoms with Gasteiger partial charge in [-0.1, -0.05) is 30.3 Å². The highest BCUT2D eigenvalue weighted by molar-refractivity contribution is 7.14. The summed E-state index contributed by atoms with van der Waals surface area (Å²) >= 11 is 1.16. The summed E-state index contributed by atoms with van der Waals surface area (Å²) in [5.74, 6) is -1.16. The Morgan fingerprint density at radius 3 is 2.55 bits per heavy atom. The molecular formula is C20H22N6O4S. The summed E-state index contributed by atoms with van der Waals surface area (Å²) < 4.78 is 1.25. The van der Waals surface area contributed by atoms with E-state index in [0.717, 1.165) is 16.9 Å². The van der Waals surface area contributed by atoms with Crippen molar-refractivity contribution in [2.24, 2.45) is 5.73 Å². The smallest absolute Gasteiger partial charge is 0.330 e. The molecule has 0 bridgehead atoms. The first-order valence-corrected chi connectivity index (χ1v) is 10.3. The van der Waals surface area contributed by atoms with E-state index in [4.69, 9.17) is 11.5 Å². The van der Waals surface area contributed by atoms with Gasteiger partial charge in [-0.05, 0) is 23.9 Å². The minimum absolute atomic E-state index is 0.0227. The maximum Gasteiger partial charge on any atom is 0.330 e. The number of hydrogen-bond donors (Lipinski definition) is 4. The van der Waals surface area contributed by atoms with Gasteiger partial charge in [0.05, 0.1) is 18.7 Å². The number of benzene rings is 1. The molecule has 6 N–H and O–H groups in total. The van der Waals surface area contributed by atoms with Crippen molar-refractivity contribution in [1.82, 2.24) is 9.55 Å². The molecule has 2 aromatic heterocycles. The van der Waals surface area contributed by atoms with Crippen LogP contribution in [0.25, 0.3) is 0 Å². The summed E-state index contributed by atoms with van der Waals surface area (Å²) in [5, 5.41) is 4.58. The monoisotopic (exact) mass is 442 g/mol. The number of nitrogens with one attached hydrogen (secondary N) is 2. The molecule has 0 radical (unpaired) electrons. The highest BCUT2D eigenvalue weighted by Gasteiger charge is 2.21. The number of aromatic amines is 1. The zero-order valence-electron chi connectivity index (χ0n) is 16.8. The van der Waals surface area contributed by atoms with Crippen molar-refractivity contribution in [2.45, 2.75) is 13.5 Å². The molecule has 2 amide bonds. The summed E-state index contributed by atoms with van der Waals surface area (Å²) in [6.45, 7) is 1.97. The van der Waals surface area contributed by atoms with Gasteiger partial charge in [0.2, 0.25) is 5.91 Å². The van der Waals surface area contributed by atoms with Gasteiger partial charge in [-0.2, -0.15) is 0 Å². The van der Waals surface area contributed by atoms with Gasteiger partial charge >= 0.3 is 5.69 Å². The Balaban J connectivity index is 1.88. The summed E-state index contributed by atoms with van der Waals surface area (Å²) in [5.41, 5.74) is 11.2. The lowest BCUT2D eigenvalue weighted by atomic mass is 10.2. The SMILES string of the molecule is CCN(CC(=O)Nc1sccc1C(N)=O)c1c(N)n(Cc2ccccc2)c(=O)[nH]c1=O. The number of aromatic nitrogens is 2. The molecule has 162 valence electrons. The van der Waals surface area contributed by atoms with E-state index in [1.165, 1.54) is 15.5 Å². The number of H-pyrrole nitrogens is 1. The number of carbonyl (C=O) groups excluding carboxylic acids is 2. The Morgan fingerprint density at radius 1 is 1.19 bits per heavy atom. The largest absolute Gasteiger partial charge is 0.383 e. The standard InChI is InChI=1S/C20H22N6O4S/c1-2-25(11-14(27)23-19-13(17(22)28)8-9-31-19)15-16(21)26(20(30)24-18(15)29)10-12-6-4-3-5-7-12/h3-9H,2,10-11,21H2,1H3,(H2,22,28)(H,23,27)(H,24,29,30). The lowest BCUT2D eigenvalue weighted by molar-refractivity contribution is -0.114. The van der Waals surface area contributed by atoms with Crippen LogP contribution in [0.4, 0.5) is 16.5 Å². The lowest BCUT2D eigenvalue weighted by Crippen LogP contribution is -2.41. The Kier molecular flexibility index (Phi) is 6.55. The van der Waals surface area contributed by atoms with Crippen molar-refractivity contribution in [2.75, 3.05) is 29.0 Å². The van der Waals surface area contributed by atoms with Crippen molar-refractivity contribution in [3.8, 4) is 0 Å². The van der Waals surface area contributed by atoms with Gasteiger partial charge in [0, 0.05) is 6.54 Å². The van der Waals surface area contributed by atoms with Crippen LogP contribution in [0.15, 0.2) is 51.4 Å². The molecule has 3 rings (SSSR count). The Hall–Kier alpha value is -3.86. The molecule has 1 aromatic carbocycles. The molecule has 10 nitrogen and oxygen atoms in total. The predicted molar refractivity (Wildman–Crippen MR) is 121 cm³/mol. The molecule has 0 fully saturated rings. The first kappa shape index (κ1) is 21.8. The minimum Gasteiger partial charge on any atom is -0.383 e. The van der Waals surface area contributed by atoms with Crippen molar-refractivity contribution in [3.63, 3.8) is 0 Å². The normalized spacial score (nSPS) is 10.6. The molecule has 0 aliphatic carbocycles. The zero-order chi connectivity index (χ0) is 22.5. The Labute approximate surface area is 181 Å². The van der Waals surface area contributed by atoms with Gasteiger partial charge in [-0.25, -0.2) is 4.79 Å². The number of nitrogens with zero attached hydrogens (tertiary/aromatic N) is 2. The van der Waals surface area contributed by atoms with E-state index < -0.39 is 23.1 Å². The van der Waals surface area contributed by atoms with Crippen molar-refractivity contribution in [1.29, 1.82) is 0 Å². The molecule has 11 heteroatoms. The van der Waals surface area contributed by atoms with Crippen LogP contribution in [0.5, 0.6) is 0 Å². The van der Waals surface area contributed by atoms with E-state index in [-0.39, 0.29) is 36.7 Å². The third kappa shape index (κ3) is 4.83. The van der Waals surface area contributed by atoms with E-state index in [0.29, 0.717) is 5.00 Å². The second-order valence-corrected chi connectivity index (χ2v) is 7.57. The van der Waals surface area contributed by atoms with Gasteiger partial charge in [0.25, 0.3) is 11.5 Å². The van der Waals surface area contributed by atoms with Crippen molar-refractivity contribution >= 4 is 39.7 Å². The molecule has 31 heavy (non-hydrogen) atoms. The number of hydrogen-bond acceptors (Lipinski definition) is 7. The summed E-state index contributed by atoms with van der Waals surface area (Å²) in [6.07, 6.45) is 0. The van der Waals surface area contributed by atoms with Crippen LogP contribution in [0, 0.1) is 0 Å². The van der Waals surface area contributed by atoms with Crippen molar-refractivity contribution < 1.29 is 9.59 Å². The number of thiophene rings is 1. The average molecular weight is 443 g/mol. The van der Waals surface area contributed by atoms with Gasteiger partial charge in [-0.3, -0.25) is 23.9 Å². The highest BCUT2D eigenvalue weighted by atomic mass is 32.1. The molecule has 3 aromatic rings. The molecule has 0 saturated carbocycles. The fourth-order valence-corrected chi connectivity index (χ4v) is 3.90. The maximum atomic E-state index is 12.6. The Bertz CT molecular complexity index is 1210. The molecule has 0 saturated heterocycles. The second kappa shape index (κ2) is 9.30. The zero-order valence-corrected chi connectivity index (χ0v) is 17.6. The highest BCUT2D eigenvalue weighted by Crippen LogP contribution is 2.23. The Morgan fingerprint density at radius 2 is 1.90 bits per heavy atom. The van der Waals surface area contributed by atoms with E-state index >= 15 is 0 Å².